The summed E-state index contributed by atoms with van der Waals surface area (Å²) >= 11 is 0. The van der Waals surface area contributed by atoms with Gasteiger partial charge in [0.05, 0.1) is 4.90 Å². The zero-order valence-electron chi connectivity index (χ0n) is 10.8. The Morgan fingerprint density at radius 2 is 2.05 bits per heavy atom. The number of benzene rings is 1. The van der Waals surface area contributed by atoms with E-state index in [-0.39, 0.29) is 4.90 Å². The van der Waals surface area contributed by atoms with Crippen LogP contribution in [0.5, 0.6) is 0 Å². The van der Waals surface area contributed by atoms with E-state index in [9.17, 15) is 8.42 Å². The van der Waals surface area contributed by atoms with Crippen molar-refractivity contribution in [1.29, 1.82) is 0 Å². The van der Waals surface area contributed by atoms with Crippen molar-refractivity contribution >= 4 is 10.0 Å². The van der Waals surface area contributed by atoms with Gasteiger partial charge in [-0.2, -0.15) is 0 Å². The maximum Gasteiger partial charge on any atom is 0.240 e. The summed E-state index contributed by atoms with van der Waals surface area (Å²) in [5.41, 5.74) is 6.34. The third-order valence-electron chi connectivity index (χ3n) is 3.35. The zero-order chi connectivity index (χ0) is 13.7. The van der Waals surface area contributed by atoms with Crippen LogP contribution in [0.25, 0.3) is 0 Å². The fraction of sp³-hybridized carbons (Fsp3) is 0.538. The predicted molar refractivity (Wildman–Crippen MR) is 73.1 cm³/mol. The number of hydrogen-bond donors (Lipinski definition) is 2. The van der Waals surface area contributed by atoms with Crippen LogP contribution in [0.15, 0.2) is 29.2 Å². The zero-order valence-corrected chi connectivity index (χ0v) is 11.7. The molecule has 0 unspecified atom stereocenters. The molecule has 0 saturated carbocycles. The van der Waals surface area contributed by atoms with Crippen molar-refractivity contribution in [3.63, 3.8) is 0 Å². The lowest BCUT2D eigenvalue weighted by atomic mass is 10.0. The quantitative estimate of drug-likeness (QED) is 0.840. The molecule has 0 aromatic heterocycles. The Kier molecular flexibility index (Phi) is 4.93. The molecule has 0 amide bonds. The number of rotatable bonds is 5. The van der Waals surface area contributed by atoms with Crippen LogP contribution >= 0.6 is 0 Å². The number of nitrogens with two attached hydrogens (primary N) is 1. The van der Waals surface area contributed by atoms with Crippen molar-refractivity contribution in [3.8, 4) is 0 Å². The predicted octanol–water partition coefficient (Wildman–Crippen LogP) is 0.850. The summed E-state index contributed by atoms with van der Waals surface area (Å²) in [6, 6.07) is 6.74. The minimum atomic E-state index is -3.44. The molecule has 1 aromatic rings. The second-order valence-corrected chi connectivity index (χ2v) is 6.53. The molecule has 0 bridgehead atoms. The topological polar surface area (TPSA) is 81.4 Å². The van der Waals surface area contributed by atoms with Crippen LogP contribution in [0.4, 0.5) is 0 Å². The lowest BCUT2D eigenvalue weighted by molar-refractivity contribution is 0.0678. The summed E-state index contributed by atoms with van der Waals surface area (Å²) in [7, 11) is -3.44. The van der Waals surface area contributed by atoms with Crippen LogP contribution in [0.2, 0.25) is 0 Å². The minimum absolute atomic E-state index is 0.280. The van der Waals surface area contributed by atoms with Gasteiger partial charge < -0.3 is 10.5 Å². The number of nitrogens with one attached hydrogen (secondary N) is 1. The highest BCUT2D eigenvalue weighted by Crippen LogP contribution is 2.16. The summed E-state index contributed by atoms with van der Waals surface area (Å²) in [6.07, 6.45) is 1.82. The molecule has 1 fully saturated rings. The molecule has 3 N–H and O–H groups in total. The molecular weight excluding hydrogens is 264 g/mol. The monoisotopic (exact) mass is 284 g/mol. The van der Waals surface area contributed by atoms with Crippen LogP contribution in [0.1, 0.15) is 18.4 Å². The summed E-state index contributed by atoms with van der Waals surface area (Å²) < 4.78 is 32.2. The number of hydrogen-bond acceptors (Lipinski definition) is 4. The van der Waals surface area contributed by atoms with Crippen LogP contribution in [-0.2, 0) is 21.3 Å². The smallest absolute Gasteiger partial charge is 0.240 e. The van der Waals surface area contributed by atoms with Crippen LogP contribution in [0.3, 0.4) is 0 Å². The molecular formula is C13H20N2O3S. The lowest BCUT2D eigenvalue weighted by Crippen LogP contribution is -2.32. The van der Waals surface area contributed by atoms with Crippen molar-refractivity contribution in [2.24, 2.45) is 11.7 Å². The average Bonchev–Trinajstić information content (AvgIpc) is 2.46. The van der Waals surface area contributed by atoms with Gasteiger partial charge in [-0.15, -0.1) is 0 Å². The van der Waals surface area contributed by atoms with Crippen molar-refractivity contribution in [3.05, 3.63) is 29.8 Å². The molecule has 1 aliphatic rings. The molecule has 0 spiro atoms. The van der Waals surface area contributed by atoms with E-state index in [4.69, 9.17) is 10.5 Å². The molecule has 6 heteroatoms. The van der Waals surface area contributed by atoms with Crippen molar-refractivity contribution < 1.29 is 13.2 Å². The summed E-state index contributed by atoms with van der Waals surface area (Å²) in [5, 5.41) is 0. The van der Waals surface area contributed by atoms with Gasteiger partial charge in [-0.3, -0.25) is 0 Å². The van der Waals surface area contributed by atoms with Gasteiger partial charge in [-0.05, 0) is 36.5 Å². The Hall–Kier alpha value is -0.950. The first-order chi connectivity index (χ1) is 9.12. The van der Waals surface area contributed by atoms with Crippen LogP contribution in [0, 0.1) is 5.92 Å². The molecule has 1 heterocycles. The highest BCUT2D eigenvalue weighted by atomic mass is 32.2. The SMILES string of the molecule is NCc1cccc(S(=O)(=O)NCC2CCOCC2)c1. The Labute approximate surface area is 114 Å². The Bertz CT molecular complexity index is 510. The maximum atomic E-state index is 12.2. The third kappa shape index (κ3) is 4.01. The average molecular weight is 284 g/mol. The molecule has 2 rings (SSSR count). The van der Waals surface area contributed by atoms with Gasteiger partial charge in [-0.25, -0.2) is 13.1 Å². The molecule has 0 aliphatic carbocycles. The highest BCUT2D eigenvalue weighted by molar-refractivity contribution is 7.89. The fourth-order valence-electron chi connectivity index (χ4n) is 2.10. The molecule has 19 heavy (non-hydrogen) atoms. The Balaban J connectivity index is 2.00. The van der Waals surface area contributed by atoms with Gasteiger partial charge in [0, 0.05) is 26.3 Å². The van der Waals surface area contributed by atoms with Gasteiger partial charge in [0.15, 0.2) is 0 Å². The molecule has 1 aromatic carbocycles. The standard InChI is InChI=1S/C13H20N2O3S/c14-9-12-2-1-3-13(8-12)19(16,17)15-10-11-4-6-18-7-5-11/h1-3,8,11,15H,4-7,9-10,14H2. The normalized spacial score (nSPS) is 17.5. The Morgan fingerprint density at radius 1 is 1.32 bits per heavy atom. The van der Waals surface area contributed by atoms with E-state index in [1.54, 1.807) is 18.2 Å². The first-order valence-corrected chi connectivity index (χ1v) is 7.96. The summed E-state index contributed by atoms with van der Waals surface area (Å²) in [6.45, 7) is 2.24. The number of sulfonamides is 1. The van der Waals surface area contributed by atoms with Gasteiger partial charge in [0.1, 0.15) is 0 Å². The maximum absolute atomic E-state index is 12.2. The van der Waals surface area contributed by atoms with Crippen LogP contribution in [-0.4, -0.2) is 28.2 Å². The van der Waals surface area contributed by atoms with Gasteiger partial charge in [-0.1, -0.05) is 12.1 Å². The van der Waals surface area contributed by atoms with Crippen molar-refractivity contribution in [2.45, 2.75) is 24.3 Å². The summed E-state index contributed by atoms with van der Waals surface area (Å²) in [4.78, 5) is 0.280. The Morgan fingerprint density at radius 3 is 2.74 bits per heavy atom. The molecule has 106 valence electrons. The summed E-state index contributed by atoms with van der Waals surface area (Å²) in [5.74, 6) is 0.362. The molecule has 1 saturated heterocycles. The van der Waals surface area contributed by atoms with E-state index < -0.39 is 10.0 Å². The second kappa shape index (κ2) is 6.47. The number of ether oxygens (including phenoxy) is 1. The largest absolute Gasteiger partial charge is 0.381 e. The van der Waals surface area contributed by atoms with E-state index >= 15 is 0 Å². The second-order valence-electron chi connectivity index (χ2n) is 4.76. The molecule has 1 aliphatic heterocycles. The minimum Gasteiger partial charge on any atom is -0.381 e. The van der Waals surface area contributed by atoms with Gasteiger partial charge >= 0.3 is 0 Å². The van der Waals surface area contributed by atoms with Crippen molar-refractivity contribution in [1.82, 2.24) is 4.72 Å². The van der Waals surface area contributed by atoms with Crippen LogP contribution < -0.4 is 10.5 Å². The molecule has 5 nitrogen and oxygen atoms in total. The van der Waals surface area contributed by atoms with E-state index in [1.165, 1.54) is 0 Å². The highest BCUT2D eigenvalue weighted by Gasteiger charge is 2.19. The van der Waals surface area contributed by atoms with Gasteiger partial charge in [0.25, 0.3) is 0 Å². The first kappa shape index (κ1) is 14.5. The van der Waals surface area contributed by atoms with E-state index in [0.717, 1.165) is 31.6 Å². The third-order valence-corrected chi connectivity index (χ3v) is 4.77. The van der Waals surface area contributed by atoms with Gasteiger partial charge in [0.2, 0.25) is 10.0 Å². The van der Waals surface area contributed by atoms with E-state index in [2.05, 4.69) is 4.72 Å². The van der Waals surface area contributed by atoms with Crippen molar-refractivity contribution in [2.75, 3.05) is 19.8 Å². The fourth-order valence-corrected chi connectivity index (χ4v) is 3.29. The van der Waals surface area contributed by atoms with E-state index in [1.807, 2.05) is 6.07 Å². The molecule has 0 radical (unpaired) electrons. The first-order valence-electron chi connectivity index (χ1n) is 6.48. The van der Waals surface area contributed by atoms with E-state index in [0.29, 0.717) is 19.0 Å². The molecule has 0 atom stereocenters. The lowest BCUT2D eigenvalue weighted by Gasteiger charge is -2.22.